The lowest BCUT2D eigenvalue weighted by molar-refractivity contribution is -0.140. The first-order valence-corrected chi connectivity index (χ1v) is 7.86. The molecule has 0 aliphatic rings. The Hall–Kier alpha value is -2.23. The zero-order valence-corrected chi connectivity index (χ0v) is 14.6. The minimum atomic E-state index is -4.79. The van der Waals surface area contributed by atoms with Crippen molar-refractivity contribution in [1.29, 1.82) is 0 Å². The van der Waals surface area contributed by atoms with Gasteiger partial charge in [-0.05, 0) is 26.8 Å². The summed E-state index contributed by atoms with van der Waals surface area (Å²) in [7, 11) is 1.16. The number of hydrogen-bond acceptors (Lipinski definition) is 5. The first-order valence-electron chi connectivity index (χ1n) is 7.04. The molecule has 5 nitrogen and oxygen atoms in total. The number of nitrogens with zero attached hydrogens (tertiary/aromatic N) is 3. The van der Waals surface area contributed by atoms with Gasteiger partial charge in [0.25, 0.3) is 0 Å². The molecule has 136 valence electrons. The van der Waals surface area contributed by atoms with Gasteiger partial charge in [0.05, 0.1) is 6.20 Å². The molecule has 0 aliphatic carbocycles. The summed E-state index contributed by atoms with van der Waals surface area (Å²) < 4.78 is 58.2. The van der Waals surface area contributed by atoms with E-state index in [0.717, 1.165) is 24.2 Å². The summed E-state index contributed by atoms with van der Waals surface area (Å²) in [6.45, 7) is 4.79. The SMILES string of the molecule is CN(C(=O)OC(C)(C)C)c1sc(-c2cncc(F)c2)nc1C(F)(F)F. The van der Waals surface area contributed by atoms with Gasteiger partial charge in [-0.25, -0.2) is 14.2 Å². The second-order valence-electron chi connectivity index (χ2n) is 6.10. The summed E-state index contributed by atoms with van der Waals surface area (Å²) in [5.74, 6) is -0.705. The Morgan fingerprint density at radius 1 is 1.24 bits per heavy atom. The Morgan fingerprint density at radius 3 is 2.40 bits per heavy atom. The molecule has 0 N–H and O–H groups in total. The second-order valence-corrected chi connectivity index (χ2v) is 7.08. The summed E-state index contributed by atoms with van der Waals surface area (Å²) >= 11 is 0.598. The van der Waals surface area contributed by atoms with Gasteiger partial charge in [0.1, 0.15) is 21.4 Å². The topological polar surface area (TPSA) is 55.3 Å². The number of ether oxygens (including phenoxy) is 1. The molecule has 0 unspecified atom stereocenters. The molecule has 0 fully saturated rings. The van der Waals surface area contributed by atoms with E-state index in [9.17, 15) is 22.4 Å². The number of hydrogen-bond donors (Lipinski definition) is 0. The maximum absolute atomic E-state index is 13.3. The zero-order chi connectivity index (χ0) is 19.0. The van der Waals surface area contributed by atoms with Gasteiger partial charge in [0.15, 0.2) is 5.69 Å². The van der Waals surface area contributed by atoms with Crippen LogP contribution in [0.4, 0.5) is 27.4 Å². The fourth-order valence-corrected chi connectivity index (χ4v) is 2.81. The number of anilines is 1. The molecule has 0 radical (unpaired) electrons. The number of carbonyl (C=O) groups is 1. The summed E-state index contributed by atoms with van der Waals surface area (Å²) in [5, 5.41) is -0.550. The molecule has 0 spiro atoms. The Labute approximate surface area is 145 Å². The Morgan fingerprint density at radius 2 is 1.88 bits per heavy atom. The third kappa shape index (κ3) is 4.65. The van der Waals surface area contributed by atoms with Crippen LogP contribution < -0.4 is 4.90 Å². The van der Waals surface area contributed by atoms with Crippen LogP contribution >= 0.6 is 11.3 Å². The lowest BCUT2D eigenvalue weighted by Crippen LogP contribution is -2.34. The highest BCUT2D eigenvalue weighted by atomic mass is 32.1. The third-order valence-corrected chi connectivity index (χ3v) is 3.98. The number of amides is 1. The molecule has 1 amide bonds. The molecule has 0 atom stereocenters. The van der Waals surface area contributed by atoms with Crippen molar-refractivity contribution in [3.8, 4) is 10.6 Å². The van der Waals surface area contributed by atoms with Gasteiger partial charge in [-0.3, -0.25) is 9.88 Å². The van der Waals surface area contributed by atoms with Gasteiger partial charge in [0.2, 0.25) is 0 Å². The number of aromatic nitrogens is 2. The summed E-state index contributed by atoms with van der Waals surface area (Å²) in [5.41, 5.74) is -2.03. The fraction of sp³-hybridized carbons (Fsp3) is 0.400. The number of thiazole rings is 1. The van der Waals surface area contributed by atoms with Crippen LogP contribution in [0.15, 0.2) is 18.5 Å². The quantitative estimate of drug-likeness (QED) is 0.710. The molecule has 2 heterocycles. The normalized spacial score (nSPS) is 12.2. The monoisotopic (exact) mass is 377 g/mol. The van der Waals surface area contributed by atoms with Crippen LogP contribution in [0, 0.1) is 5.82 Å². The highest BCUT2D eigenvalue weighted by molar-refractivity contribution is 7.19. The predicted octanol–water partition coefficient (Wildman–Crippen LogP) is 4.73. The van der Waals surface area contributed by atoms with Crippen molar-refractivity contribution in [2.75, 3.05) is 11.9 Å². The van der Waals surface area contributed by atoms with Gasteiger partial charge < -0.3 is 4.74 Å². The predicted molar refractivity (Wildman–Crippen MR) is 84.9 cm³/mol. The van der Waals surface area contributed by atoms with E-state index < -0.39 is 34.4 Å². The van der Waals surface area contributed by atoms with Crippen molar-refractivity contribution in [1.82, 2.24) is 9.97 Å². The number of alkyl halides is 3. The molecule has 0 bridgehead atoms. The van der Waals surface area contributed by atoms with Crippen molar-refractivity contribution in [3.63, 3.8) is 0 Å². The van der Waals surface area contributed by atoms with Crippen LogP contribution in [0.3, 0.4) is 0 Å². The first-order chi connectivity index (χ1) is 11.4. The van der Waals surface area contributed by atoms with E-state index in [1.807, 2.05) is 0 Å². The van der Waals surface area contributed by atoms with Crippen LogP contribution in [0.2, 0.25) is 0 Å². The number of pyridine rings is 1. The standard InChI is InChI=1S/C15H15F4N3O2S/c1-14(2,3)24-13(23)22(4)12-10(15(17,18)19)21-11(25-12)8-5-9(16)7-20-6-8/h5-7H,1-4H3. The molecule has 0 aliphatic heterocycles. The summed E-state index contributed by atoms with van der Waals surface area (Å²) in [4.78, 5) is 19.9. The smallest absolute Gasteiger partial charge is 0.436 e. The van der Waals surface area contributed by atoms with E-state index in [4.69, 9.17) is 4.74 Å². The maximum Gasteiger partial charge on any atom is 0.436 e. The average molecular weight is 377 g/mol. The summed E-state index contributed by atoms with van der Waals surface area (Å²) in [6, 6.07) is 1.02. The minimum absolute atomic E-state index is 0.0827. The number of rotatable bonds is 2. The van der Waals surface area contributed by atoms with Crippen LogP contribution in [0.5, 0.6) is 0 Å². The Bertz CT molecular complexity index is 784. The molecule has 2 rings (SSSR count). The molecule has 0 aromatic carbocycles. The van der Waals surface area contributed by atoms with Gasteiger partial charge in [0, 0.05) is 18.8 Å². The molecular weight excluding hydrogens is 362 g/mol. The second kappa shape index (κ2) is 6.58. The molecule has 0 saturated carbocycles. The van der Waals surface area contributed by atoms with Crippen molar-refractivity contribution in [2.45, 2.75) is 32.5 Å². The van der Waals surface area contributed by atoms with Crippen LogP contribution in [0.25, 0.3) is 10.6 Å². The molecule has 25 heavy (non-hydrogen) atoms. The molecular formula is C15H15F4N3O2S. The number of halogens is 4. The Balaban J connectivity index is 2.48. The highest BCUT2D eigenvalue weighted by Crippen LogP contribution is 2.42. The third-order valence-electron chi connectivity index (χ3n) is 2.80. The number of carbonyl (C=O) groups excluding carboxylic acids is 1. The van der Waals surface area contributed by atoms with Gasteiger partial charge in [-0.15, -0.1) is 0 Å². The van der Waals surface area contributed by atoms with Crippen molar-refractivity contribution < 1.29 is 27.1 Å². The maximum atomic E-state index is 13.3. The average Bonchev–Trinajstić information content (AvgIpc) is 2.89. The van der Waals surface area contributed by atoms with E-state index >= 15 is 0 Å². The summed E-state index contributed by atoms with van der Waals surface area (Å²) in [6.07, 6.45) is -3.62. The Kier molecular flexibility index (Phi) is 5.03. The van der Waals surface area contributed by atoms with E-state index in [2.05, 4.69) is 9.97 Å². The lowest BCUT2D eigenvalue weighted by Gasteiger charge is -2.24. The largest absolute Gasteiger partial charge is 0.443 e. The highest BCUT2D eigenvalue weighted by Gasteiger charge is 2.40. The minimum Gasteiger partial charge on any atom is -0.443 e. The van der Waals surface area contributed by atoms with E-state index in [1.54, 1.807) is 20.8 Å². The van der Waals surface area contributed by atoms with Crippen LogP contribution in [-0.2, 0) is 10.9 Å². The van der Waals surface area contributed by atoms with Crippen molar-refractivity contribution in [2.24, 2.45) is 0 Å². The van der Waals surface area contributed by atoms with Gasteiger partial charge in [-0.2, -0.15) is 13.2 Å². The van der Waals surface area contributed by atoms with Gasteiger partial charge >= 0.3 is 12.3 Å². The first kappa shape index (κ1) is 19.1. The van der Waals surface area contributed by atoms with Gasteiger partial charge in [-0.1, -0.05) is 11.3 Å². The fourth-order valence-electron chi connectivity index (χ4n) is 1.79. The van der Waals surface area contributed by atoms with E-state index in [-0.39, 0.29) is 10.6 Å². The van der Waals surface area contributed by atoms with Crippen LogP contribution in [-0.4, -0.2) is 28.7 Å². The van der Waals surface area contributed by atoms with Crippen molar-refractivity contribution >= 4 is 22.4 Å². The van der Waals surface area contributed by atoms with E-state index in [1.165, 1.54) is 6.20 Å². The molecule has 0 saturated heterocycles. The van der Waals surface area contributed by atoms with Crippen LogP contribution in [0.1, 0.15) is 26.5 Å². The zero-order valence-electron chi connectivity index (χ0n) is 13.8. The van der Waals surface area contributed by atoms with Crippen molar-refractivity contribution in [3.05, 3.63) is 30.0 Å². The van der Waals surface area contributed by atoms with E-state index in [0.29, 0.717) is 11.3 Å². The lowest BCUT2D eigenvalue weighted by atomic mass is 10.2. The molecule has 2 aromatic rings. The molecule has 10 heteroatoms. The molecule has 2 aromatic heterocycles.